The topological polar surface area (TPSA) is 118 Å². The standard InChI is InChI=1S/C19H22N4O4/c20-17(24)12-23-9-7-15(8-10-23)21-18(25)13-3-5-14(6-4-13)22-19(26)16-2-1-11-27-16/h1-6,11,15H,7-10,12H2,(H2,20,24)(H,21,25)(H,22,26). The fourth-order valence-corrected chi connectivity index (χ4v) is 3.03. The first-order valence-electron chi connectivity index (χ1n) is 8.77. The molecule has 8 heteroatoms. The van der Waals surface area contributed by atoms with E-state index in [1.165, 1.54) is 6.26 Å². The molecule has 0 saturated carbocycles. The van der Waals surface area contributed by atoms with E-state index in [1.54, 1.807) is 36.4 Å². The van der Waals surface area contributed by atoms with Crippen molar-refractivity contribution < 1.29 is 18.8 Å². The molecule has 2 aromatic rings. The lowest BCUT2D eigenvalue weighted by molar-refractivity contribution is -0.119. The average Bonchev–Trinajstić information content (AvgIpc) is 3.18. The maximum atomic E-state index is 12.4. The molecule has 3 amide bonds. The number of nitrogens with zero attached hydrogens (tertiary/aromatic N) is 1. The van der Waals surface area contributed by atoms with Crippen LogP contribution in [0.3, 0.4) is 0 Å². The zero-order valence-electron chi connectivity index (χ0n) is 14.8. The molecule has 0 bridgehead atoms. The molecule has 4 N–H and O–H groups in total. The highest BCUT2D eigenvalue weighted by Crippen LogP contribution is 2.14. The van der Waals surface area contributed by atoms with Crippen LogP contribution >= 0.6 is 0 Å². The van der Waals surface area contributed by atoms with Crippen LogP contribution in [-0.4, -0.2) is 48.3 Å². The highest BCUT2D eigenvalue weighted by Gasteiger charge is 2.22. The Morgan fingerprint density at radius 2 is 1.78 bits per heavy atom. The third kappa shape index (κ3) is 5.18. The third-order valence-electron chi connectivity index (χ3n) is 4.45. The molecule has 2 heterocycles. The van der Waals surface area contributed by atoms with Gasteiger partial charge in [-0.25, -0.2) is 0 Å². The second-order valence-corrected chi connectivity index (χ2v) is 6.50. The number of hydrogen-bond acceptors (Lipinski definition) is 5. The Labute approximate surface area is 156 Å². The van der Waals surface area contributed by atoms with Gasteiger partial charge in [0.05, 0.1) is 12.8 Å². The summed E-state index contributed by atoms with van der Waals surface area (Å²) in [6, 6.07) is 9.95. The van der Waals surface area contributed by atoms with E-state index >= 15 is 0 Å². The van der Waals surface area contributed by atoms with Crippen LogP contribution in [0.5, 0.6) is 0 Å². The average molecular weight is 370 g/mol. The Balaban J connectivity index is 1.49. The summed E-state index contributed by atoms with van der Waals surface area (Å²) in [5.41, 5.74) is 6.30. The molecule has 8 nitrogen and oxygen atoms in total. The highest BCUT2D eigenvalue weighted by molar-refractivity contribution is 6.02. The van der Waals surface area contributed by atoms with E-state index in [9.17, 15) is 14.4 Å². The largest absolute Gasteiger partial charge is 0.459 e. The van der Waals surface area contributed by atoms with Crippen molar-refractivity contribution in [3.05, 3.63) is 54.0 Å². The van der Waals surface area contributed by atoms with Gasteiger partial charge in [-0.2, -0.15) is 0 Å². The first kappa shape index (κ1) is 18.7. The van der Waals surface area contributed by atoms with Gasteiger partial charge in [-0.1, -0.05) is 0 Å². The summed E-state index contributed by atoms with van der Waals surface area (Å²) >= 11 is 0. The first-order valence-corrected chi connectivity index (χ1v) is 8.77. The maximum Gasteiger partial charge on any atom is 0.291 e. The van der Waals surface area contributed by atoms with Gasteiger partial charge in [0.15, 0.2) is 5.76 Å². The molecule has 0 unspecified atom stereocenters. The number of benzene rings is 1. The molecule has 1 saturated heterocycles. The SMILES string of the molecule is NC(=O)CN1CCC(NC(=O)c2ccc(NC(=O)c3ccco3)cc2)CC1. The van der Waals surface area contributed by atoms with E-state index in [0.29, 0.717) is 11.3 Å². The van der Waals surface area contributed by atoms with E-state index in [0.717, 1.165) is 25.9 Å². The predicted molar refractivity (Wildman–Crippen MR) is 99.2 cm³/mol. The summed E-state index contributed by atoms with van der Waals surface area (Å²) in [6.07, 6.45) is 2.98. The zero-order valence-corrected chi connectivity index (χ0v) is 14.8. The van der Waals surface area contributed by atoms with E-state index in [-0.39, 0.29) is 36.1 Å². The van der Waals surface area contributed by atoms with Crippen molar-refractivity contribution in [2.45, 2.75) is 18.9 Å². The van der Waals surface area contributed by atoms with Crippen molar-refractivity contribution in [1.82, 2.24) is 10.2 Å². The minimum absolute atomic E-state index is 0.0694. The molecule has 27 heavy (non-hydrogen) atoms. The van der Waals surface area contributed by atoms with Crippen molar-refractivity contribution in [2.24, 2.45) is 5.73 Å². The second kappa shape index (κ2) is 8.50. The smallest absolute Gasteiger partial charge is 0.291 e. The highest BCUT2D eigenvalue weighted by atomic mass is 16.3. The first-order chi connectivity index (χ1) is 13.0. The van der Waals surface area contributed by atoms with Gasteiger partial charge in [0.25, 0.3) is 11.8 Å². The maximum absolute atomic E-state index is 12.4. The number of likely N-dealkylation sites (tertiary alicyclic amines) is 1. The van der Waals surface area contributed by atoms with Gasteiger partial charge in [-0.3, -0.25) is 19.3 Å². The summed E-state index contributed by atoms with van der Waals surface area (Å²) in [7, 11) is 0. The molecule has 1 aliphatic rings. The van der Waals surface area contributed by atoms with Crippen LogP contribution in [-0.2, 0) is 4.79 Å². The van der Waals surface area contributed by atoms with Crippen molar-refractivity contribution in [1.29, 1.82) is 0 Å². The summed E-state index contributed by atoms with van der Waals surface area (Å²) in [4.78, 5) is 37.3. The van der Waals surface area contributed by atoms with E-state index in [1.807, 2.05) is 4.90 Å². The number of nitrogens with one attached hydrogen (secondary N) is 2. The molecule has 0 aliphatic carbocycles. The van der Waals surface area contributed by atoms with Crippen LogP contribution in [0.1, 0.15) is 33.8 Å². The Morgan fingerprint density at radius 3 is 2.37 bits per heavy atom. The minimum Gasteiger partial charge on any atom is -0.459 e. The van der Waals surface area contributed by atoms with Gasteiger partial charge in [0.2, 0.25) is 5.91 Å². The van der Waals surface area contributed by atoms with Crippen LogP contribution < -0.4 is 16.4 Å². The molecule has 1 fully saturated rings. The summed E-state index contributed by atoms with van der Waals surface area (Å²) in [5, 5.41) is 5.71. The molecular weight excluding hydrogens is 348 g/mol. The zero-order chi connectivity index (χ0) is 19.2. The molecule has 3 rings (SSSR count). The fourth-order valence-electron chi connectivity index (χ4n) is 3.03. The Kier molecular flexibility index (Phi) is 5.87. The summed E-state index contributed by atoms with van der Waals surface area (Å²) in [5.74, 6) is -0.622. The Bertz CT molecular complexity index is 794. The lowest BCUT2D eigenvalue weighted by atomic mass is 10.0. The molecule has 0 radical (unpaired) electrons. The quantitative estimate of drug-likeness (QED) is 0.706. The third-order valence-corrected chi connectivity index (χ3v) is 4.45. The van der Waals surface area contributed by atoms with Gasteiger partial charge in [-0.15, -0.1) is 0 Å². The van der Waals surface area contributed by atoms with Gasteiger partial charge in [0, 0.05) is 30.4 Å². The number of amides is 3. The number of piperidine rings is 1. The summed E-state index contributed by atoms with van der Waals surface area (Å²) < 4.78 is 5.04. The van der Waals surface area contributed by atoms with Crippen LogP contribution in [0.25, 0.3) is 0 Å². The number of furan rings is 1. The second-order valence-electron chi connectivity index (χ2n) is 6.50. The molecule has 1 aromatic heterocycles. The normalized spacial score (nSPS) is 15.3. The minimum atomic E-state index is -0.347. The number of nitrogens with two attached hydrogens (primary N) is 1. The van der Waals surface area contributed by atoms with Crippen LogP contribution in [0, 0.1) is 0 Å². The van der Waals surface area contributed by atoms with Crippen molar-refractivity contribution in [3.8, 4) is 0 Å². The molecule has 142 valence electrons. The number of primary amides is 1. The van der Waals surface area contributed by atoms with Gasteiger partial charge in [0.1, 0.15) is 0 Å². The van der Waals surface area contributed by atoms with E-state index in [4.69, 9.17) is 10.2 Å². The number of carbonyl (C=O) groups excluding carboxylic acids is 3. The number of rotatable bonds is 6. The number of anilines is 1. The van der Waals surface area contributed by atoms with Crippen molar-refractivity contribution in [3.63, 3.8) is 0 Å². The predicted octanol–water partition coefficient (Wildman–Crippen LogP) is 1.21. The summed E-state index contributed by atoms with van der Waals surface area (Å²) in [6.45, 7) is 1.71. The van der Waals surface area contributed by atoms with Crippen molar-refractivity contribution >= 4 is 23.4 Å². The van der Waals surface area contributed by atoms with E-state index < -0.39 is 0 Å². The van der Waals surface area contributed by atoms with E-state index in [2.05, 4.69) is 10.6 Å². The van der Waals surface area contributed by atoms with Gasteiger partial charge in [-0.05, 0) is 49.2 Å². The lowest BCUT2D eigenvalue weighted by Gasteiger charge is -2.31. The monoisotopic (exact) mass is 370 g/mol. The van der Waals surface area contributed by atoms with Crippen LogP contribution in [0.2, 0.25) is 0 Å². The molecule has 0 spiro atoms. The fraction of sp³-hybridized carbons (Fsp3) is 0.316. The Morgan fingerprint density at radius 1 is 1.07 bits per heavy atom. The number of hydrogen-bond donors (Lipinski definition) is 3. The van der Waals surface area contributed by atoms with Crippen LogP contribution in [0.4, 0.5) is 5.69 Å². The van der Waals surface area contributed by atoms with Crippen LogP contribution in [0.15, 0.2) is 47.1 Å². The van der Waals surface area contributed by atoms with Gasteiger partial charge >= 0.3 is 0 Å². The molecule has 1 aliphatic heterocycles. The number of carbonyl (C=O) groups is 3. The molecule has 1 aromatic carbocycles. The molecular formula is C19H22N4O4. The van der Waals surface area contributed by atoms with Gasteiger partial charge < -0.3 is 20.8 Å². The van der Waals surface area contributed by atoms with Crippen molar-refractivity contribution in [2.75, 3.05) is 25.0 Å². The lowest BCUT2D eigenvalue weighted by Crippen LogP contribution is -2.46. The molecule has 0 atom stereocenters. The Hall–Kier alpha value is -3.13.